The zero-order valence-electron chi connectivity index (χ0n) is 9.84. The highest BCUT2D eigenvalue weighted by Gasteiger charge is 2.05. The van der Waals surface area contributed by atoms with E-state index in [0.717, 1.165) is 15.7 Å². The average molecular weight is 347 g/mol. The fraction of sp³-hybridized carbons (Fsp3) is 0.143. The summed E-state index contributed by atoms with van der Waals surface area (Å²) >= 11 is 9.24. The van der Waals surface area contributed by atoms with Gasteiger partial charge >= 0.3 is 0 Å². The lowest BCUT2D eigenvalue weighted by atomic mass is 10.1. The molecule has 0 unspecified atom stereocenters. The van der Waals surface area contributed by atoms with Crippen LogP contribution in [0, 0.1) is 0 Å². The molecule has 0 saturated heterocycles. The molecule has 0 spiro atoms. The quantitative estimate of drug-likeness (QED) is 0.754. The summed E-state index contributed by atoms with van der Waals surface area (Å²) < 4.78 is 25.6. The summed E-state index contributed by atoms with van der Waals surface area (Å²) in [6, 6.07) is 11.8. The highest BCUT2D eigenvalue weighted by atomic mass is 79.9. The molecule has 0 aliphatic carbocycles. The van der Waals surface area contributed by atoms with Gasteiger partial charge < -0.3 is 5.32 Å². The Balaban J connectivity index is 2.00. The minimum absolute atomic E-state index is 0.0398. The number of nitrogens with one attached hydrogen (secondary N) is 1. The molecule has 0 radical (unpaired) electrons. The maximum atomic E-state index is 12.4. The van der Waals surface area contributed by atoms with Crippen LogP contribution in [0.15, 0.2) is 46.9 Å². The predicted molar refractivity (Wildman–Crippen MR) is 77.9 cm³/mol. The third kappa shape index (κ3) is 3.91. The summed E-state index contributed by atoms with van der Waals surface area (Å²) in [5, 5.41) is 3.85. The van der Waals surface area contributed by atoms with Crippen LogP contribution in [0.2, 0.25) is 5.02 Å². The zero-order valence-corrected chi connectivity index (χ0v) is 12.2. The average Bonchev–Trinajstić information content (AvgIpc) is 2.40. The van der Waals surface area contributed by atoms with E-state index in [0.29, 0.717) is 11.6 Å². The molecule has 100 valence electrons. The number of halogens is 4. The number of rotatable bonds is 4. The largest absolute Gasteiger partial charge is 0.381 e. The van der Waals surface area contributed by atoms with E-state index in [4.69, 9.17) is 11.6 Å². The standard InChI is InChI=1S/C14H11BrClF2N/c15-12-7-11(5-6-13(12)16)19-8-9-1-3-10(4-2-9)14(17)18/h1-7,14,19H,8H2. The molecular weight excluding hydrogens is 336 g/mol. The Bertz CT molecular complexity index is 558. The summed E-state index contributed by atoms with van der Waals surface area (Å²) in [6.07, 6.45) is -2.42. The summed E-state index contributed by atoms with van der Waals surface area (Å²) in [5.41, 5.74) is 1.89. The van der Waals surface area contributed by atoms with Crippen molar-refractivity contribution in [1.82, 2.24) is 0 Å². The van der Waals surface area contributed by atoms with Crippen molar-refractivity contribution in [2.75, 3.05) is 5.32 Å². The van der Waals surface area contributed by atoms with E-state index in [1.54, 1.807) is 18.2 Å². The summed E-state index contributed by atoms with van der Waals surface area (Å²) in [4.78, 5) is 0. The molecule has 0 aliphatic heterocycles. The monoisotopic (exact) mass is 345 g/mol. The molecule has 0 aromatic heterocycles. The topological polar surface area (TPSA) is 12.0 Å². The van der Waals surface area contributed by atoms with Gasteiger partial charge in [0, 0.05) is 22.3 Å². The van der Waals surface area contributed by atoms with Gasteiger partial charge in [-0.1, -0.05) is 35.9 Å². The van der Waals surface area contributed by atoms with E-state index in [1.165, 1.54) is 12.1 Å². The first-order valence-corrected chi connectivity index (χ1v) is 6.79. The SMILES string of the molecule is FC(F)c1ccc(CNc2ccc(Cl)c(Br)c2)cc1. The molecular formula is C14H11BrClF2N. The van der Waals surface area contributed by atoms with Crippen LogP contribution in [0.25, 0.3) is 0 Å². The van der Waals surface area contributed by atoms with Gasteiger partial charge in [0.05, 0.1) is 5.02 Å². The van der Waals surface area contributed by atoms with Crippen molar-refractivity contribution in [3.63, 3.8) is 0 Å². The van der Waals surface area contributed by atoms with Crippen LogP contribution >= 0.6 is 27.5 Å². The van der Waals surface area contributed by atoms with Gasteiger partial charge in [-0.25, -0.2) is 8.78 Å². The van der Waals surface area contributed by atoms with Crippen LogP contribution in [0.3, 0.4) is 0 Å². The van der Waals surface area contributed by atoms with Gasteiger partial charge in [-0.2, -0.15) is 0 Å². The van der Waals surface area contributed by atoms with Crippen molar-refractivity contribution >= 4 is 33.2 Å². The molecule has 0 amide bonds. The van der Waals surface area contributed by atoms with Crippen LogP contribution in [0.4, 0.5) is 14.5 Å². The van der Waals surface area contributed by atoms with Gasteiger partial charge in [0.2, 0.25) is 0 Å². The number of hydrogen-bond acceptors (Lipinski definition) is 1. The summed E-state index contributed by atoms with van der Waals surface area (Å²) in [7, 11) is 0. The van der Waals surface area contributed by atoms with Gasteiger partial charge in [-0.3, -0.25) is 0 Å². The fourth-order valence-corrected chi connectivity index (χ4v) is 2.09. The molecule has 2 aromatic rings. The second-order valence-electron chi connectivity index (χ2n) is 4.02. The van der Waals surface area contributed by atoms with Gasteiger partial charge in [0.1, 0.15) is 0 Å². The Morgan fingerprint density at radius 3 is 2.37 bits per heavy atom. The Kier molecular flexibility index (Phi) is 4.77. The first-order chi connectivity index (χ1) is 9.06. The van der Waals surface area contributed by atoms with Crippen LogP contribution in [0.5, 0.6) is 0 Å². The second-order valence-corrected chi connectivity index (χ2v) is 5.29. The molecule has 19 heavy (non-hydrogen) atoms. The molecule has 0 saturated carbocycles. The number of alkyl halides is 2. The van der Waals surface area contributed by atoms with Crippen molar-refractivity contribution in [3.05, 3.63) is 63.1 Å². The first kappa shape index (κ1) is 14.3. The summed E-state index contributed by atoms with van der Waals surface area (Å²) in [6.45, 7) is 0.567. The molecule has 5 heteroatoms. The highest BCUT2D eigenvalue weighted by molar-refractivity contribution is 9.10. The molecule has 1 N–H and O–H groups in total. The van der Waals surface area contributed by atoms with E-state index in [1.807, 2.05) is 12.1 Å². The van der Waals surface area contributed by atoms with E-state index >= 15 is 0 Å². The smallest absolute Gasteiger partial charge is 0.263 e. The Morgan fingerprint density at radius 1 is 1.11 bits per heavy atom. The maximum Gasteiger partial charge on any atom is 0.263 e. The lowest BCUT2D eigenvalue weighted by Crippen LogP contribution is -1.99. The first-order valence-electron chi connectivity index (χ1n) is 5.62. The van der Waals surface area contributed by atoms with E-state index in [-0.39, 0.29) is 5.56 Å². The predicted octanol–water partition coefficient (Wildman–Crippen LogP) is 5.65. The molecule has 1 nitrogen and oxygen atoms in total. The van der Waals surface area contributed by atoms with Crippen molar-refractivity contribution in [2.24, 2.45) is 0 Å². The molecule has 0 bridgehead atoms. The van der Waals surface area contributed by atoms with Gasteiger partial charge in [-0.15, -0.1) is 0 Å². The van der Waals surface area contributed by atoms with Crippen LogP contribution in [-0.2, 0) is 6.54 Å². The Morgan fingerprint density at radius 2 is 1.79 bits per heavy atom. The van der Waals surface area contributed by atoms with Gasteiger partial charge in [0.25, 0.3) is 6.43 Å². The van der Waals surface area contributed by atoms with Crippen molar-refractivity contribution in [1.29, 1.82) is 0 Å². The van der Waals surface area contributed by atoms with Crippen LogP contribution < -0.4 is 5.32 Å². The lowest BCUT2D eigenvalue weighted by Gasteiger charge is -2.08. The van der Waals surface area contributed by atoms with Crippen molar-refractivity contribution in [2.45, 2.75) is 13.0 Å². The highest BCUT2D eigenvalue weighted by Crippen LogP contribution is 2.26. The lowest BCUT2D eigenvalue weighted by molar-refractivity contribution is 0.151. The second kappa shape index (κ2) is 6.35. The third-order valence-electron chi connectivity index (χ3n) is 2.65. The molecule has 2 aromatic carbocycles. The maximum absolute atomic E-state index is 12.4. The molecule has 0 aliphatic rings. The Labute approximate surface area is 123 Å². The Hall–Kier alpha value is -1.13. The third-order valence-corrected chi connectivity index (χ3v) is 3.86. The van der Waals surface area contributed by atoms with E-state index < -0.39 is 6.43 Å². The fourth-order valence-electron chi connectivity index (χ4n) is 1.59. The molecule has 0 atom stereocenters. The number of hydrogen-bond donors (Lipinski definition) is 1. The molecule has 0 fully saturated rings. The van der Waals surface area contributed by atoms with Crippen LogP contribution in [0.1, 0.15) is 17.6 Å². The van der Waals surface area contributed by atoms with E-state index in [2.05, 4.69) is 21.2 Å². The van der Waals surface area contributed by atoms with Gasteiger partial charge in [0.15, 0.2) is 0 Å². The van der Waals surface area contributed by atoms with Crippen molar-refractivity contribution < 1.29 is 8.78 Å². The molecule has 0 heterocycles. The minimum Gasteiger partial charge on any atom is -0.381 e. The minimum atomic E-state index is -2.42. The van der Waals surface area contributed by atoms with Crippen LogP contribution in [-0.4, -0.2) is 0 Å². The van der Waals surface area contributed by atoms with E-state index in [9.17, 15) is 8.78 Å². The normalized spacial score (nSPS) is 10.8. The van der Waals surface area contributed by atoms with Gasteiger partial charge in [-0.05, 0) is 39.7 Å². The van der Waals surface area contributed by atoms with Crippen molar-refractivity contribution in [3.8, 4) is 0 Å². The number of benzene rings is 2. The number of anilines is 1. The zero-order chi connectivity index (χ0) is 13.8. The molecule has 2 rings (SSSR count). The summed E-state index contributed by atoms with van der Waals surface area (Å²) in [5.74, 6) is 0.